The maximum Gasteiger partial charge on any atom is 0.195 e. The Morgan fingerprint density at radius 3 is 2.63 bits per heavy atom. The predicted molar refractivity (Wildman–Crippen MR) is 111 cm³/mol. The first-order chi connectivity index (χ1) is 13.3. The Morgan fingerprint density at radius 1 is 0.926 bits per heavy atom. The van der Waals surface area contributed by atoms with E-state index in [1.807, 2.05) is 54.6 Å². The molecule has 0 aliphatic carbocycles. The number of hydrogen-bond donors (Lipinski definition) is 2. The molecule has 1 aliphatic rings. The molecule has 0 atom stereocenters. The van der Waals surface area contributed by atoms with Crippen LogP contribution in [0.2, 0.25) is 0 Å². The molecule has 0 bridgehead atoms. The zero-order valence-electron chi connectivity index (χ0n) is 15.5. The summed E-state index contributed by atoms with van der Waals surface area (Å²) in [7, 11) is 0. The van der Waals surface area contributed by atoms with Crippen LogP contribution >= 0.6 is 0 Å². The van der Waals surface area contributed by atoms with Gasteiger partial charge >= 0.3 is 0 Å². The summed E-state index contributed by atoms with van der Waals surface area (Å²) >= 11 is 0. The van der Waals surface area contributed by atoms with Crippen molar-refractivity contribution in [2.45, 2.75) is 26.2 Å². The van der Waals surface area contributed by atoms with Gasteiger partial charge in [-0.3, -0.25) is 4.79 Å². The number of rotatable bonds is 7. The summed E-state index contributed by atoms with van der Waals surface area (Å²) in [5.74, 6) is 0.831. The third-order valence-corrected chi connectivity index (χ3v) is 4.98. The van der Waals surface area contributed by atoms with Gasteiger partial charge in [-0.15, -0.1) is 0 Å². The molecule has 0 spiro atoms. The van der Waals surface area contributed by atoms with E-state index in [4.69, 9.17) is 4.74 Å². The molecule has 3 aromatic carbocycles. The van der Waals surface area contributed by atoms with E-state index in [1.165, 1.54) is 6.42 Å². The van der Waals surface area contributed by atoms with Gasteiger partial charge in [-0.1, -0.05) is 62.2 Å². The average molecular weight is 360 g/mol. The molecule has 2 N–H and O–H groups in total. The van der Waals surface area contributed by atoms with E-state index in [0.29, 0.717) is 18.8 Å². The van der Waals surface area contributed by atoms with Gasteiger partial charge in [-0.05, 0) is 29.3 Å². The average Bonchev–Trinajstić information content (AvgIpc) is 3.20. The first kappa shape index (κ1) is 17.4. The molecule has 0 saturated carbocycles. The normalized spacial score (nSPS) is 12.3. The lowest BCUT2D eigenvalue weighted by molar-refractivity contribution is 0.104. The maximum atomic E-state index is 13.3. The SMILES string of the molecule is CCCCCOc1ccc(C(=O)c2cccc3ccccc23)c2c1NCN2. The Morgan fingerprint density at radius 2 is 1.74 bits per heavy atom. The quantitative estimate of drug-likeness (QED) is 0.435. The van der Waals surface area contributed by atoms with Crippen LogP contribution in [0.15, 0.2) is 54.6 Å². The van der Waals surface area contributed by atoms with Gasteiger partial charge in [0.2, 0.25) is 0 Å². The van der Waals surface area contributed by atoms with Gasteiger partial charge in [-0.25, -0.2) is 0 Å². The van der Waals surface area contributed by atoms with Crippen molar-refractivity contribution < 1.29 is 9.53 Å². The van der Waals surface area contributed by atoms with Crippen molar-refractivity contribution in [1.29, 1.82) is 0 Å². The smallest absolute Gasteiger partial charge is 0.195 e. The fourth-order valence-corrected chi connectivity index (χ4v) is 3.58. The van der Waals surface area contributed by atoms with Crippen molar-refractivity contribution in [3.05, 3.63) is 65.7 Å². The summed E-state index contributed by atoms with van der Waals surface area (Å²) in [6.45, 7) is 3.47. The number of carbonyl (C=O) groups is 1. The first-order valence-electron chi connectivity index (χ1n) is 9.59. The Kier molecular flexibility index (Phi) is 4.97. The molecule has 1 aliphatic heterocycles. The van der Waals surface area contributed by atoms with Crippen molar-refractivity contribution in [3.8, 4) is 5.75 Å². The van der Waals surface area contributed by atoms with Crippen molar-refractivity contribution in [2.75, 3.05) is 23.9 Å². The molecule has 0 fully saturated rings. The molecule has 1 heterocycles. The second kappa shape index (κ2) is 7.70. The third-order valence-electron chi connectivity index (χ3n) is 4.98. The van der Waals surface area contributed by atoms with E-state index in [-0.39, 0.29) is 5.78 Å². The highest BCUT2D eigenvalue weighted by atomic mass is 16.5. The molecule has 27 heavy (non-hydrogen) atoms. The second-order valence-corrected chi connectivity index (χ2v) is 6.80. The molecule has 4 nitrogen and oxygen atoms in total. The van der Waals surface area contributed by atoms with E-state index in [2.05, 4.69) is 17.6 Å². The van der Waals surface area contributed by atoms with E-state index in [0.717, 1.165) is 46.3 Å². The molecule has 3 aromatic rings. The van der Waals surface area contributed by atoms with E-state index in [1.54, 1.807) is 0 Å². The summed E-state index contributed by atoms with van der Waals surface area (Å²) in [5, 5.41) is 8.65. The third kappa shape index (κ3) is 3.35. The summed E-state index contributed by atoms with van der Waals surface area (Å²) < 4.78 is 5.95. The molecule has 0 amide bonds. The molecule has 4 heteroatoms. The van der Waals surface area contributed by atoms with Crippen LogP contribution in [-0.4, -0.2) is 19.1 Å². The number of benzene rings is 3. The fourth-order valence-electron chi connectivity index (χ4n) is 3.58. The topological polar surface area (TPSA) is 50.4 Å². The maximum absolute atomic E-state index is 13.3. The molecular formula is C23H24N2O2. The zero-order chi connectivity index (χ0) is 18.6. The Bertz CT molecular complexity index is 976. The fraction of sp³-hybridized carbons (Fsp3) is 0.261. The largest absolute Gasteiger partial charge is 0.491 e. The summed E-state index contributed by atoms with van der Waals surface area (Å²) in [5.41, 5.74) is 3.12. The lowest BCUT2D eigenvalue weighted by atomic mass is 9.96. The minimum Gasteiger partial charge on any atom is -0.491 e. The van der Waals surface area contributed by atoms with Crippen LogP contribution in [0.5, 0.6) is 5.75 Å². The van der Waals surface area contributed by atoms with Crippen LogP contribution in [0.4, 0.5) is 11.4 Å². The monoisotopic (exact) mass is 360 g/mol. The van der Waals surface area contributed by atoms with Gasteiger partial charge in [0.25, 0.3) is 0 Å². The predicted octanol–water partition coefficient (Wildman–Crippen LogP) is 5.43. The number of hydrogen-bond acceptors (Lipinski definition) is 4. The van der Waals surface area contributed by atoms with Crippen LogP contribution in [0, 0.1) is 0 Å². The number of anilines is 2. The minimum absolute atomic E-state index is 0.0248. The van der Waals surface area contributed by atoms with Gasteiger partial charge in [0.05, 0.1) is 19.0 Å². The van der Waals surface area contributed by atoms with E-state index in [9.17, 15) is 4.79 Å². The molecule has 0 unspecified atom stereocenters. The number of carbonyl (C=O) groups excluding carboxylic acids is 1. The summed E-state index contributed by atoms with van der Waals surface area (Å²) in [4.78, 5) is 13.3. The van der Waals surface area contributed by atoms with Crippen LogP contribution < -0.4 is 15.4 Å². The highest BCUT2D eigenvalue weighted by molar-refractivity contribution is 6.20. The highest BCUT2D eigenvalue weighted by Crippen LogP contribution is 2.40. The van der Waals surface area contributed by atoms with E-state index < -0.39 is 0 Å². The first-order valence-corrected chi connectivity index (χ1v) is 9.59. The summed E-state index contributed by atoms with van der Waals surface area (Å²) in [6, 6.07) is 17.6. The molecule has 138 valence electrons. The minimum atomic E-state index is 0.0248. The van der Waals surface area contributed by atoms with Crippen LogP contribution in [-0.2, 0) is 0 Å². The Hall–Kier alpha value is -3.01. The number of ketones is 1. The Balaban J connectivity index is 1.68. The number of nitrogens with one attached hydrogen (secondary N) is 2. The highest BCUT2D eigenvalue weighted by Gasteiger charge is 2.24. The lowest BCUT2D eigenvalue weighted by Gasteiger charge is -2.14. The molecule has 4 rings (SSSR count). The molecule has 0 radical (unpaired) electrons. The Labute approximate surface area is 159 Å². The number of unbranched alkanes of at least 4 members (excludes halogenated alkanes) is 2. The number of fused-ring (bicyclic) bond motifs is 2. The van der Waals surface area contributed by atoms with Gasteiger partial charge in [0.1, 0.15) is 11.4 Å². The van der Waals surface area contributed by atoms with Crippen molar-refractivity contribution in [3.63, 3.8) is 0 Å². The summed E-state index contributed by atoms with van der Waals surface area (Å²) in [6.07, 6.45) is 3.36. The van der Waals surface area contributed by atoms with Crippen LogP contribution in [0.1, 0.15) is 42.1 Å². The van der Waals surface area contributed by atoms with Crippen molar-refractivity contribution in [2.24, 2.45) is 0 Å². The van der Waals surface area contributed by atoms with Gasteiger partial charge in [-0.2, -0.15) is 0 Å². The number of ether oxygens (including phenoxy) is 1. The molecule has 0 saturated heterocycles. The van der Waals surface area contributed by atoms with Crippen molar-refractivity contribution >= 4 is 27.9 Å². The van der Waals surface area contributed by atoms with Gasteiger partial charge in [0, 0.05) is 11.1 Å². The van der Waals surface area contributed by atoms with Crippen molar-refractivity contribution in [1.82, 2.24) is 0 Å². The van der Waals surface area contributed by atoms with Gasteiger partial charge < -0.3 is 15.4 Å². The molecular weight excluding hydrogens is 336 g/mol. The van der Waals surface area contributed by atoms with Gasteiger partial charge in [0.15, 0.2) is 5.78 Å². The zero-order valence-corrected chi connectivity index (χ0v) is 15.5. The standard InChI is InChI=1S/C23H24N2O2/c1-2-3-6-14-27-20-13-12-19(21-22(20)25-15-24-21)23(26)18-11-7-9-16-8-4-5-10-17(16)18/h4-5,7-13,24-25H,2-3,6,14-15H2,1H3. The van der Waals surface area contributed by atoms with Crippen LogP contribution in [0.3, 0.4) is 0 Å². The van der Waals surface area contributed by atoms with E-state index >= 15 is 0 Å². The van der Waals surface area contributed by atoms with Crippen LogP contribution in [0.25, 0.3) is 10.8 Å². The molecule has 0 aromatic heterocycles. The lowest BCUT2D eigenvalue weighted by Crippen LogP contribution is -2.06. The second-order valence-electron chi connectivity index (χ2n) is 6.80.